The summed E-state index contributed by atoms with van der Waals surface area (Å²) >= 11 is 0. The maximum Gasteiger partial charge on any atom is 0.273 e. The number of nitrogens with one attached hydrogen (secondary N) is 1. The van der Waals surface area contributed by atoms with Crippen LogP contribution in [0, 0.1) is 15.3 Å². The monoisotopic (exact) mass is 196 g/mol. The lowest BCUT2D eigenvalue weighted by Gasteiger charge is -1.97. The molecule has 0 aliphatic rings. The van der Waals surface area contributed by atoms with Gasteiger partial charge in [-0.25, -0.2) is 0 Å². The van der Waals surface area contributed by atoms with Crippen LogP contribution < -0.4 is 5.43 Å². The normalized spacial score (nSPS) is 11.1. The summed E-state index contributed by atoms with van der Waals surface area (Å²) in [7, 11) is 1.20. The Hall–Kier alpha value is -2.18. The molecule has 0 fully saturated rings. The number of hydroxylamine groups is 1. The lowest BCUT2D eigenvalue weighted by Crippen LogP contribution is -1.97. The van der Waals surface area contributed by atoms with E-state index in [2.05, 4.69) is 10.6 Å². The maximum atomic E-state index is 10.4. The topological polar surface area (TPSA) is 93.6 Å². The van der Waals surface area contributed by atoms with Gasteiger partial charge in [0, 0.05) is 6.07 Å². The van der Waals surface area contributed by atoms with Gasteiger partial charge in [0.1, 0.15) is 7.05 Å². The summed E-state index contributed by atoms with van der Waals surface area (Å²) < 4.78 is 0. The fourth-order valence-corrected chi connectivity index (χ4v) is 0.817. The van der Waals surface area contributed by atoms with Gasteiger partial charge in [-0.3, -0.25) is 10.1 Å². The van der Waals surface area contributed by atoms with Gasteiger partial charge in [-0.15, -0.1) is 5.43 Å². The molecule has 0 aliphatic carbocycles. The van der Waals surface area contributed by atoms with Gasteiger partial charge in [0.15, 0.2) is 5.69 Å². The van der Waals surface area contributed by atoms with Crippen molar-refractivity contribution in [2.75, 3.05) is 12.5 Å². The highest BCUT2D eigenvalue weighted by Gasteiger charge is 2.06. The van der Waals surface area contributed by atoms with Gasteiger partial charge in [0.05, 0.1) is 16.2 Å². The number of nitro benzene ring substituents is 1. The van der Waals surface area contributed by atoms with Crippen LogP contribution in [-0.2, 0) is 0 Å². The minimum atomic E-state index is -0.522. The molecule has 1 aromatic carbocycles. The van der Waals surface area contributed by atoms with E-state index in [-0.39, 0.29) is 5.69 Å². The summed E-state index contributed by atoms with van der Waals surface area (Å²) in [6, 6.07) is 5.71. The van der Waals surface area contributed by atoms with Gasteiger partial charge < -0.3 is 5.21 Å². The second kappa shape index (κ2) is 4.17. The molecule has 0 heterocycles. The zero-order chi connectivity index (χ0) is 10.6. The molecule has 7 nitrogen and oxygen atoms in total. The van der Waals surface area contributed by atoms with Crippen molar-refractivity contribution in [2.24, 2.45) is 5.22 Å². The van der Waals surface area contributed by atoms with Crippen molar-refractivity contribution in [2.45, 2.75) is 0 Å². The molecule has 14 heavy (non-hydrogen) atoms. The Kier molecular flexibility index (Phi) is 2.95. The predicted molar refractivity (Wildman–Crippen MR) is 48.7 cm³/mol. The van der Waals surface area contributed by atoms with Gasteiger partial charge in [-0.2, -0.15) is 4.86 Å². The average Bonchev–Trinajstić information content (AvgIpc) is 2.15. The van der Waals surface area contributed by atoms with Gasteiger partial charge in [0.2, 0.25) is 0 Å². The smallest absolute Gasteiger partial charge is 0.273 e. The van der Waals surface area contributed by atoms with Crippen LogP contribution >= 0.6 is 0 Å². The molecular weight excluding hydrogens is 188 g/mol. The number of anilines is 1. The van der Waals surface area contributed by atoms with Crippen LogP contribution in [0.4, 0.5) is 11.4 Å². The summed E-state index contributed by atoms with van der Waals surface area (Å²) in [4.78, 5) is 10.2. The molecule has 0 amide bonds. The van der Waals surface area contributed by atoms with E-state index >= 15 is 0 Å². The molecule has 74 valence electrons. The number of hydrogen-bond acceptors (Lipinski definition) is 4. The summed E-state index contributed by atoms with van der Waals surface area (Å²) in [6.45, 7) is 0. The highest BCUT2D eigenvalue weighted by molar-refractivity contribution is 5.50. The molecule has 0 radical (unpaired) electrons. The quantitative estimate of drug-likeness (QED) is 0.343. The van der Waals surface area contributed by atoms with Crippen LogP contribution in [0.15, 0.2) is 29.5 Å². The molecule has 1 N–H and O–H groups in total. The second-order valence-electron chi connectivity index (χ2n) is 2.48. The van der Waals surface area contributed by atoms with E-state index in [1.54, 1.807) is 6.07 Å². The minimum Gasteiger partial charge on any atom is -0.696 e. The number of non-ortho nitro benzene ring substituents is 1. The van der Waals surface area contributed by atoms with Gasteiger partial charge >= 0.3 is 0 Å². The molecule has 0 atom stereocenters. The summed E-state index contributed by atoms with van der Waals surface area (Å²) in [5.41, 5.74) is 2.71. The van der Waals surface area contributed by atoms with Gasteiger partial charge in [0.25, 0.3) is 5.69 Å². The molecule has 0 bridgehead atoms. The van der Waals surface area contributed by atoms with Crippen molar-refractivity contribution in [1.29, 1.82) is 0 Å². The SMILES string of the molecule is C[N+]([O-])=NNc1cccc([N+](=O)[O-])c1. The lowest BCUT2D eigenvalue weighted by molar-refractivity contribution is -0.497. The Balaban J connectivity index is 2.84. The molecule has 0 saturated carbocycles. The number of nitrogens with zero attached hydrogens (tertiary/aromatic N) is 3. The largest absolute Gasteiger partial charge is 0.696 e. The molecule has 1 rings (SSSR count). The van der Waals surface area contributed by atoms with Crippen molar-refractivity contribution >= 4 is 11.4 Å². The Labute approximate surface area is 79.4 Å². The Morgan fingerprint density at radius 3 is 2.71 bits per heavy atom. The van der Waals surface area contributed by atoms with Crippen LogP contribution in [-0.4, -0.2) is 16.8 Å². The highest BCUT2D eigenvalue weighted by Crippen LogP contribution is 2.16. The third-order valence-electron chi connectivity index (χ3n) is 1.38. The Morgan fingerprint density at radius 2 is 2.14 bits per heavy atom. The average molecular weight is 196 g/mol. The van der Waals surface area contributed by atoms with E-state index in [0.29, 0.717) is 10.5 Å². The zero-order valence-electron chi connectivity index (χ0n) is 7.38. The second-order valence-corrected chi connectivity index (χ2v) is 2.48. The van der Waals surface area contributed by atoms with E-state index in [4.69, 9.17) is 0 Å². The zero-order valence-corrected chi connectivity index (χ0v) is 7.38. The molecule has 0 aliphatic heterocycles. The van der Waals surface area contributed by atoms with Crippen molar-refractivity contribution in [3.05, 3.63) is 39.6 Å². The lowest BCUT2D eigenvalue weighted by atomic mass is 10.3. The Bertz CT molecular complexity index is 373. The number of rotatable bonds is 3. The number of nitro groups is 1. The standard InChI is InChI=1S/C7H8N4O3/c1-10(12)9-8-6-3-2-4-7(5-6)11(13)14/h2-5,8H,1H3. The van der Waals surface area contributed by atoms with Gasteiger partial charge in [-0.1, -0.05) is 6.07 Å². The molecule has 0 unspecified atom stereocenters. The molecular formula is C7H8N4O3. The molecule has 0 saturated heterocycles. The van der Waals surface area contributed by atoms with Crippen molar-refractivity contribution in [3.63, 3.8) is 0 Å². The fraction of sp³-hybridized carbons (Fsp3) is 0.143. The van der Waals surface area contributed by atoms with Crippen LogP contribution in [0.3, 0.4) is 0 Å². The van der Waals surface area contributed by atoms with Crippen LogP contribution in [0.25, 0.3) is 0 Å². The number of benzene rings is 1. The van der Waals surface area contributed by atoms with E-state index in [9.17, 15) is 15.3 Å². The third kappa shape index (κ3) is 2.70. The molecule has 1 aromatic rings. The first-order valence-electron chi connectivity index (χ1n) is 3.71. The minimum absolute atomic E-state index is 0.0567. The molecule has 0 spiro atoms. The molecule has 7 heteroatoms. The summed E-state index contributed by atoms with van der Waals surface area (Å²) in [6.07, 6.45) is 0. The maximum absolute atomic E-state index is 10.4. The third-order valence-corrected chi connectivity index (χ3v) is 1.38. The fourth-order valence-electron chi connectivity index (χ4n) is 0.817. The van der Waals surface area contributed by atoms with Crippen LogP contribution in [0.5, 0.6) is 0 Å². The van der Waals surface area contributed by atoms with Crippen molar-refractivity contribution in [1.82, 2.24) is 0 Å². The van der Waals surface area contributed by atoms with Crippen LogP contribution in [0.1, 0.15) is 0 Å². The van der Waals surface area contributed by atoms with Crippen LogP contribution in [0.2, 0.25) is 0 Å². The highest BCUT2D eigenvalue weighted by atomic mass is 16.6. The van der Waals surface area contributed by atoms with Crippen molar-refractivity contribution in [3.8, 4) is 0 Å². The first-order chi connectivity index (χ1) is 6.59. The summed E-state index contributed by atoms with van der Waals surface area (Å²) in [5.74, 6) is 0. The van der Waals surface area contributed by atoms with E-state index in [0.717, 1.165) is 0 Å². The van der Waals surface area contributed by atoms with Crippen molar-refractivity contribution < 1.29 is 9.78 Å². The predicted octanol–water partition coefficient (Wildman–Crippen LogP) is 1.51. The molecule has 0 aromatic heterocycles. The number of hydrogen-bond donors (Lipinski definition) is 1. The van der Waals surface area contributed by atoms with E-state index in [1.807, 2.05) is 0 Å². The first-order valence-corrected chi connectivity index (χ1v) is 3.71. The first kappa shape index (κ1) is 9.90. The summed E-state index contributed by atoms with van der Waals surface area (Å²) in [5, 5.41) is 24.1. The van der Waals surface area contributed by atoms with Gasteiger partial charge in [-0.05, 0) is 6.07 Å². The van der Waals surface area contributed by atoms with E-state index < -0.39 is 4.92 Å². The Morgan fingerprint density at radius 1 is 1.43 bits per heavy atom. The van der Waals surface area contributed by atoms with E-state index in [1.165, 1.54) is 25.2 Å².